The van der Waals surface area contributed by atoms with Gasteiger partial charge in [-0.25, -0.2) is 0 Å². The minimum absolute atomic E-state index is 0.915. The van der Waals surface area contributed by atoms with E-state index in [-0.39, 0.29) is 0 Å². The van der Waals surface area contributed by atoms with Crippen molar-refractivity contribution in [3.63, 3.8) is 0 Å². The van der Waals surface area contributed by atoms with Crippen molar-refractivity contribution in [1.82, 2.24) is 15.0 Å². The number of aromatic nitrogens is 3. The maximum Gasteiger partial charge on any atom is 0.121 e. The monoisotopic (exact) mass is 285 g/mol. The molecule has 2 aromatic heterocycles. The zero-order valence-electron chi connectivity index (χ0n) is 11.7. The van der Waals surface area contributed by atoms with Gasteiger partial charge < -0.3 is 0 Å². The molecule has 0 radical (unpaired) electrons. The maximum atomic E-state index is 4.68. The fraction of sp³-hybridized carbons (Fsp3) is 0.375. The molecule has 0 spiro atoms. The third-order valence-corrected chi connectivity index (χ3v) is 4.35. The summed E-state index contributed by atoms with van der Waals surface area (Å²) in [7, 11) is 0. The molecular formula is C16H19N3S. The number of unbranched alkanes of at least 4 members (excludes halogenated alkanes) is 3. The quantitative estimate of drug-likeness (QED) is 0.612. The van der Waals surface area contributed by atoms with E-state index in [1.807, 2.05) is 10.9 Å². The Morgan fingerprint density at radius 3 is 2.80 bits per heavy atom. The second-order valence-corrected chi connectivity index (χ2v) is 5.95. The molecule has 0 aliphatic rings. The topological polar surface area (TPSA) is 30.7 Å². The van der Waals surface area contributed by atoms with E-state index in [2.05, 4.69) is 46.8 Å². The highest BCUT2D eigenvalue weighted by atomic mass is 32.1. The first-order valence-corrected chi connectivity index (χ1v) is 8.14. The van der Waals surface area contributed by atoms with Crippen LogP contribution in [0, 0.1) is 0 Å². The van der Waals surface area contributed by atoms with E-state index in [1.165, 1.54) is 29.7 Å². The molecule has 0 fully saturated rings. The zero-order chi connectivity index (χ0) is 13.8. The van der Waals surface area contributed by atoms with E-state index in [0.717, 1.165) is 24.0 Å². The summed E-state index contributed by atoms with van der Waals surface area (Å²) in [6.07, 6.45) is 4.97. The Hall–Kier alpha value is -1.68. The van der Waals surface area contributed by atoms with Gasteiger partial charge in [0.25, 0.3) is 0 Å². The van der Waals surface area contributed by atoms with Gasteiger partial charge in [0.2, 0.25) is 0 Å². The number of nitrogens with zero attached hydrogens (tertiary/aromatic N) is 3. The van der Waals surface area contributed by atoms with Gasteiger partial charge in [0.1, 0.15) is 11.0 Å². The summed E-state index contributed by atoms with van der Waals surface area (Å²) in [5.41, 5.74) is 3.20. The SMILES string of the molecule is CCCCCCn1nc2cccc(-c3cccs3)c2n1. The van der Waals surface area contributed by atoms with Gasteiger partial charge in [-0.2, -0.15) is 15.0 Å². The number of rotatable bonds is 6. The van der Waals surface area contributed by atoms with Crippen LogP contribution in [0.25, 0.3) is 21.5 Å². The summed E-state index contributed by atoms with van der Waals surface area (Å²) in [5, 5.41) is 11.4. The Morgan fingerprint density at radius 2 is 2.00 bits per heavy atom. The Kier molecular flexibility index (Phi) is 4.11. The number of hydrogen-bond donors (Lipinski definition) is 0. The largest absolute Gasteiger partial charge is 0.184 e. The Labute approximate surface area is 123 Å². The van der Waals surface area contributed by atoms with Crippen molar-refractivity contribution in [2.24, 2.45) is 0 Å². The first-order valence-electron chi connectivity index (χ1n) is 7.26. The van der Waals surface area contributed by atoms with Crippen molar-refractivity contribution >= 4 is 22.4 Å². The van der Waals surface area contributed by atoms with E-state index >= 15 is 0 Å². The molecule has 4 heteroatoms. The fourth-order valence-electron chi connectivity index (χ4n) is 2.39. The molecule has 3 nitrogen and oxygen atoms in total. The molecule has 0 bridgehead atoms. The predicted octanol–water partition coefficient (Wildman–Crippen LogP) is 4.74. The molecular weight excluding hydrogens is 266 g/mol. The second-order valence-electron chi connectivity index (χ2n) is 5.01. The van der Waals surface area contributed by atoms with Crippen LogP contribution in [0.3, 0.4) is 0 Å². The summed E-state index contributed by atoms with van der Waals surface area (Å²) in [4.78, 5) is 3.12. The molecule has 104 valence electrons. The second kappa shape index (κ2) is 6.18. The van der Waals surface area contributed by atoms with Crippen molar-refractivity contribution in [1.29, 1.82) is 0 Å². The summed E-state index contributed by atoms with van der Waals surface area (Å²) >= 11 is 1.75. The molecule has 0 aliphatic heterocycles. The van der Waals surface area contributed by atoms with Gasteiger partial charge in [-0.05, 0) is 23.9 Å². The highest BCUT2D eigenvalue weighted by Crippen LogP contribution is 2.29. The van der Waals surface area contributed by atoms with Gasteiger partial charge in [0.05, 0.1) is 6.54 Å². The van der Waals surface area contributed by atoms with Crippen LogP contribution in [-0.2, 0) is 6.54 Å². The van der Waals surface area contributed by atoms with Gasteiger partial charge >= 0.3 is 0 Å². The standard InChI is InChI=1S/C16H19N3S/c1-2-3-4-5-11-19-17-14-9-6-8-13(16(14)18-19)15-10-7-12-20-15/h6-10,12H,2-5,11H2,1H3. The molecule has 0 saturated heterocycles. The van der Waals surface area contributed by atoms with Crippen LogP contribution in [0.5, 0.6) is 0 Å². The normalized spacial score (nSPS) is 11.2. The molecule has 20 heavy (non-hydrogen) atoms. The van der Waals surface area contributed by atoms with E-state index in [4.69, 9.17) is 0 Å². The van der Waals surface area contributed by atoms with Crippen LogP contribution in [0.2, 0.25) is 0 Å². The third kappa shape index (κ3) is 2.75. The molecule has 0 unspecified atom stereocenters. The molecule has 3 rings (SSSR count). The van der Waals surface area contributed by atoms with Gasteiger partial charge in [0.15, 0.2) is 0 Å². The summed E-state index contributed by atoms with van der Waals surface area (Å²) in [5.74, 6) is 0. The minimum Gasteiger partial charge on any atom is -0.184 e. The van der Waals surface area contributed by atoms with E-state index in [0.29, 0.717) is 0 Å². The Morgan fingerprint density at radius 1 is 1.05 bits per heavy atom. The summed E-state index contributed by atoms with van der Waals surface area (Å²) < 4.78 is 0. The average Bonchev–Trinajstić information content (AvgIpc) is 3.11. The number of aryl methyl sites for hydroxylation is 1. The minimum atomic E-state index is 0.915. The van der Waals surface area contributed by atoms with Crippen molar-refractivity contribution in [3.8, 4) is 10.4 Å². The molecule has 0 aliphatic carbocycles. The molecule has 0 N–H and O–H groups in total. The first kappa shape index (κ1) is 13.3. The van der Waals surface area contributed by atoms with Crippen molar-refractivity contribution in [2.45, 2.75) is 39.2 Å². The predicted molar refractivity (Wildman–Crippen MR) is 85.0 cm³/mol. The first-order chi connectivity index (χ1) is 9.88. The van der Waals surface area contributed by atoms with Crippen molar-refractivity contribution in [3.05, 3.63) is 35.7 Å². The molecule has 3 aromatic rings. The number of hydrogen-bond acceptors (Lipinski definition) is 3. The van der Waals surface area contributed by atoms with Crippen LogP contribution < -0.4 is 0 Å². The van der Waals surface area contributed by atoms with Gasteiger partial charge in [-0.1, -0.05) is 44.4 Å². The highest BCUT2D eigenvalue weighted by Gasteiger charge is 2.09. The van der Waals surface area contributed by atoms with E-state index in [9.17, 15) is 0 Å². The Balaban J connectivity index is 1.85. The lowest BCUT2D eigenvalue weighted by Gasteiger charge is -1.98. The lowest BCUT2D eigenvalue weighted by atomic mass is 10.1. The maximum absolute atomic E-state index is 4.68. The van der Waals surface area contributed by atoms with Crippen LogP contribution in [0.15, 0.2) is 35.7 Å². The third-order valence-electron chi connectivity index (χ3n) is 3.45. The number of thiophene rings is 1. The Bertz CT molecular complexity index is 670. The highest BCUT2D eigenvalue weighted by molar-refractivity contribution is 7.13. The van der Waals surface area contributed by atoms with Crippen molar-refractivity contribution < 1.29 is 0 Å². The number of fused-ring (bicyclic) bond motifs is 1. The van der Waals surface area contributed by atoms with Gasteiger partial charge in [0, 0.05) is 10.4 Å². The summed E-state index contributed by atoms with van der Waals surface area (Å²) in [6.45, 7) is 3.15. The van der Waals surface area contributed by atoms with Crippen LogP contribution in [0.1, 0.15) is 32.6 Å². The van der Waals surface area contributed by atoms with Crippen LogP contribution in [-0.4, -0.2) is 15.0 Å². The van der Waals surface area contributed by atoms with E-state index in [1.54, 1.807) is 11.3 Å². The zero-order valence-corrected chi connectivity index (χ0v) is 12.6. The van der Waals surface area contributed by atoms with Crippen molar-refractivity contribution in [2.75, 3.05) is 0 Å². The fourth-order valence-corrected chi connectivity index (χ4v) is 3.14. The summed E-state index contributed by atoms with van der Waals surface area (Å²) in [6, 6.07) is 10.5. The lowest BCUT2D eigenvalue weighted by molar-refractivity contribution is 0.495. The van der Waals surface area contributed by atoms with Crippen LogP contribution in [0.4, 0.5) is 0 Å². The molecule has 0 amide bonds. The van der Waals surface area contributed by atoms with E-state index < -0.39 is 0 Å². The lowest BCUT2D eigenvalue weighted by Crippen LogP contribution is -2.01. The van der Waals surface area contributed by atoms with Crippen LogP contribution >= 0.6 is 11.3 Å². The molecule has 0 atom stereocenters. The van der Waals surface area contributed by atoms with Gasteiger partial charge in [-0.3, -0.25) is 0 Å². The molecule has 2 heterocycles. The smallest absolute Gasteiger partial charge is 0.121 e. The van der Waals surface area contributed by atoms with Gasteiger partial charge in [-0.15, -0.1) is 11.3 Å². The average molecular weight is 285 g/mol. The molecule has 1 aromatic carbocycles. The molecule has 0 saturated carbocycles. The number of benzene rings is 1.